The highest BCUT2D eigenvalue weighted by atomic mass is 79.9. The Kier molecular flexibility index (Phi) is 4.62. The standard InChI is InChI=1S/C15H12Br2N2/c1-10-5-6-11(7-14(10)17)15(9-18)19-13-4-2-3-12(16)8-13/h2-8,15,19H,1H3. The highest BCUT2D eigenvalue weighted by Crippen LogP contribution is 2.25. The monoisotopic (exact) mass is 378 g/mol. The van der Waals surface area contributed by atoms with E-state index in [0.29, 0.717) is 0 Å². The van der Waals surface area contributed by atoms with Crippen molar-refractivity contribution in [3.63, 3.8) is 0 Å². The minimum atomic E-state index is -0.369. The molecule has 4 heteroatoms. The van der Waals surface area contributed by atoms with Crippen molar-refractivity contribution in [1.82, 2.24) is 0 Å². The molecular formula is C15H12Br2N2. The van der Waals surface area contributed by atoms with Gasteiger partial charge in [-0.05, 0) is 42.3 Å². The first-order valence-electron chi connectivity index (χ1n) is 5.78. The van der Waals surface area contributed by atoms with Crippen LogP contribution in [0.15, 0.2) is 51.4 Å². The lowest BCUT2D eigenvalue weighted by Gasteiger charge is -2.14. The van der Waals surface area contributed by atoms with Crippen LogP contribution in [0.5, 0.6) is 0 Å². The lowest BCUT2D eigenvalue weighted by molar-refractivity contribution is 0.994. The number of nitrogens with one attached hydrogen (secondary N) is 1. The second-order valence-electron chi connectivity index (χ2n) is 4.23. The molecular weight excluding hydrogens is 368 g/mol. The summed E-state index contributed by atoms with van der Waals surface area (Å²) in [7, 11) is 0. The highest BCUT2D eigenvalue weighted by Gasteiger charge is 2.11. The van der Waals surface area contributed by atoms with Crippen molar-refractivity contribution in [3.8, 4) is 6.07 Å². The lowest BCUT2D eigenvalue weighted by atomic mass is 10.1. The normalized spacial score (nSPS) is 11.7. The van der Waals surface area contributed by atoms with Crippen LogP contribution in [-0.4, -0.2) is 0 Å². The number of anilines is 1. The number of benzene rings is 2. The van der Waals surface area contributed by atoms with E-state index in [-0.39, 0.29) is 6.04 Å². The predicted octanol–water partition coefficient (Wildman–Crippen LogP) is 5.20. The van der Waals surface area contributed by atoms with Crippen LogP contribution in [0, 0.1) is 18.3 Å². The molecule has 0 saturated heterocycles. The molecule has 19 heavy (non-hydrogen) atoms. The second kappa shape index (κ2) is 6.23. The van der Waals surface area contributed by atoms with Gasteiger partial charge < -0.3 is 5.32 Å². The molecule has 2 aromatic carbocycles. The summed E-state index contributed by atoms with van der Waals surface area (Å²) in [4.78, 5) is 0. The Morgan fingerprint density at radius 3 is 2.58 bits per heavy atom. The number of halogens is 2. The van der Waals surface area contributed by atoms with Crippen molar-refractivity contribution >= 4 is 37.5 Å². The van der Waals surface area contributed by atoms with Crippen molar-refractivity contribution < 1.29 is 0 Å². The Labute approximate surface area is 129 Å². The summed E-state index contributed by atoms with van der Waals surface area (Å²) in [5, 5.41) is 12.6. The Hall–Kier alpha value is -1.31. The van der Waals surface area contributed by atoms with Crippen molar-refractivity contribution in [3.05, 3.63) is 62.5 Å². The minimum absolute atomic E-state index is 0.369. The smallest absolute Gasteiger partial charge is 0.140 e. The maximum absolute atomic E-state index is 9.33. The average molecular weight is 380 g/mol. The Morgan fingerprint density at radius 1 is 1.16 bits per heavy atom. The van der Waals surface area contributed by atoms with Gasteiger partial charge in [0.25, 0.3) is 0 Å². The van der Waals surface area contributed by atoms with E-state index < -0.39 is 0 Å². The average Bonchev–Trinajstić information content (AvgIpc) is 2.39. The van der Waals surface area contributed by atoms with Crippen LogP contribution in [0.3, 0.4) is 0 Å². The molecule has 0 spiro atoms. The molecule has 1 unspecified atom stereocenters. The van der Waals surface area contributed by atoms with Crippen LogP contribution in [0.2, 0.25) is 0 Å². The van der Waals surface area contributed by atoms with Gasteiger partial charge in [-0.25, -0.2) is 0 Å². The van der Waals surface area contributed by atoms with Gasteiger partial charge in [0.05, 0.1) is 6.07 Å². The Balaban J connectivity index is 2.25. The fraction of sp³-hybridized carbons (Fsp3) is 0.133. The maximum atomic E-state index is 9.33. The Bertz CT molecular complexity index is 632. The van der Waals surface area contributed by atoms with E-state index in [1.165, 1.54) is 0 Å². The van der Waals surface area contributed by atoms with E-state index >= 15 is 0 Å². The summed E-state index contributed by atoms with van der Waals surface area (Å²) >= 11 is 6.92. The van der Waals surface area contributed by atoms with Crippen LogP contribution in [0.25, 0.3) is 0 Å². The van der Waals surface area contributed by atoms with E-state index in [1.807, 2.05) is 49.4 Å². The maximum Gasteiger partial charge on any atom is 0.140 e. The third kappa shape index (κ3) is 3.59. The molecule has 2 aromatic rings. The molecule has 1 N–H and O–H groups in total. The van der Waals surface area contributed by atoms with Gasteiger partial charge in [-0.2, -0.15) is 5.26 Å². The number of nitriles is 1. The molecule has 2 nitrogen and oxygen atoms in total. The third-order valence-electron chi connectivity index (χ3n) is 2.79. The summed E-state index contributed by atoms with van der Waals surface area (Å²) in [6.07, 6.45) is 0. The number of hydrogen-bond acceptors (Lipinski definition) is 2. The first-order valence-corrected chi connectivity index (χ1v) is 7.36. The van der Waals surface area contributed by atoms with Gasteiger partial charge in [-0.1, -0.05) is 50.1 Å². The molecule has 0 fully saturated rings. The largest absolute Gasteiger partial charge is 0.366 e. The Morgan fingerprint density at radius 2 is 1.95 bits per heavy atom. The molecule has 0 aliphatic carbocycles. The predicted molar refractivity (Wildman–Crippen MR) is 85.0 cm³/mol. The molecule has 0 aliphatic heterocycles. The van der Waals surface area contributed by atoms with Crippen molar-refractivity contribution in [2.24, 2.45) is 0 Å². The van der Waals surface area contributed by atoms with Gasteiger partial charge in [0.1, 0.15) is 6.04 Å². The first kappa shape index (κ1) is 14.1. The summed E-state index contributed by atoms with van der Waals surface area (Å²) < 4.78 is 2.00. The molecule has 0 bridgehead atoms. The van der Waals surface area contributed by atoms with E-state index in [1.54, 1.807) is 0 Å². The van der Waals surface area contributed by atoms with Crippen LogP contribution in [-0.2, 0) is 0 Å². The zero-order chi connectivity index (χ0) is 13.8. The van der Waals surface area contributed by atoms with Gasteiger partial charge in [-0.3, -0.25) is 0 Å². The number of nitrogens with zero attached hydrogens (tertiary/aromatic N) is 1. The van der Waals surface area contributed by atoms with E-state index in [2.05, 4.69) is 43.2 Å². The molecule has 2 rings (SSSR count). The second-order valence-corrected chi connectivity index (χ2v) is 6.00. The fourth-order valence-electron chi connectivity index (χ4n) is 1.72. The zero-order valence-electron chi connectivity index (χ0n) is 10.3. The minimum Gasteiger partial charge on any atom is -0.366 e. The summed E-state index contributed by atoms with van der Waals surface area (Å²) in [5.74, 6) is 0. The van der Waals surface area contributed by atoms with Crippen LogP contribution < -0.4 is 5.32 Å². The lowest BCUT2D eigenvalue weighted by Crippen LogP contribution is -2.08. The summed E-state index contributed by atoms with van der Waals surface area (Å²) in [6.45, 7) is 2.02. The van der Waals surface area contributed by atoms with E-state index in [9.17, 15) is 5.26 Å². The quantitative estimate of drug-likeness (QED) is 0.795. The molecule has 0 aromatic heterocycles. The number of hydrogen-bond donors (Lipinski definition) is 1. The van der Waals surface area contributed by atoms with E-state index in [4.69, 9.17) is 0 Å². The topological polar surface area (TPSA) is 35.8 Å². The van der Waals surface area contributed by atoms with Gasteiger partial charge in [0.2, 0.25) is 0 Å². The molecule has 0 radical (unpaired) electrons. The highest BCUT2D eigenvalue weighted by molar-refractivity contribution is 9.10. The van der Waals surface area contributed by atoms with Crippen molar-refractivity contribution in [2.45, 2.75) is 13.0 Å². The van der Waals surface area contributed by atoms with Crippen LogP contribution >= 0.6 is 31.9 Å². The molecule has 96 valence electrons. The van der Waals surface area contributed by atoms with Gasteiger partial charge in [-0.15, -0.1) is 0 Å². The SMILES string of the molecule is Cc1ccc(C(C#N)Nc2cccc(Br)c2)cc1Br. The van der Waals surface area contributed by atoms with E-state index in [0.717, 1.165) is 25.8 Å². The van der Waals surface area contributed by atoms with Crippen molar-refractivity contribution in [2.75, 3.05) is 5.32 Å². The summed E-state index contributed by atoms with van der Waals surface area (Å²) in [6, 6.07) is 15.7. The van der Waals surface area contributed by atoms with Crippen LogP contribution in [0.4, 0.5) is 5.69 Å². The van der Waals surface area contributed by atoms with Crippen LogP contribution in [0.1, 0.15) is 17.2 Å². The molecule has 0 heterocycles. The number of rotatable bonds is 3. The van der Waals surface area contributed by atoms with Gasteiger partial charge in [0, 0.05) is 14.6 Å². The first-order chi connectivity index (χ1) is 9.10. The fourth-order valence-corrected chi connectivity index (χ4v) is 2.52. The van der Waals surface area contributed by atoms with Gasteiger partial charge in [0.15, 0.2) is 0 Å². The van der Waals surface area contributed by atoms with Crippen molar-refractivity contribution in [1.29, 1.82) is 5.26 Å². The molecule has 1 atom stereocenters. The zero-order valence-corrected chi connectivity index (χ0v) is 13.5. The third-order valence-corrected chi connectivity index (χ3v) is 4.14. The van der Waals surface area contributed by atoms with Gasteiger partial charge >= 0.3 is 0 Å². The molecule has 0 saturated carbocycles. The molecule has 0 amide bonds. The number of aryl methyl sites for hydroxylation is 1. The summed E-state index contributed by atoms with van der Waals surface area (Å²) in [5.41, 5.74) is 3.01. The molecule has 0 aliphatic rings.